The highest BCUT2D eigenvalue weighted by molar-refractivity contribution is 8.00. The second kappa shape index (κ2) is 7.20. The fourth-order valence-corrected chi connectivity index (χ4v) is 3.24. The zero-order chi connectivity index (χ0) is 17.0. The van der Waals surface area contributed by atoms with E-state index < -0.39 is 41.6 Å². The predicted octanol–water partition coefficient (Wildman–Crippen LogP) is 1.65. The van der Waals surface area contributed by atoms with Gasteiger partial charge in [-0.25, -0.2) is 4.39 Å². The number of carbonyl (C=O) groups is 2. The van der Waals surface area contributed by atoms with Crippen molar-refractivity contribution in [3.8, 4) is 0 Å². The van der Waals surface area contributed by atoms with Gasteiger partial charge in [0.25, 0.3) is 0 Å². The molecule has 2 rings (SSSR count). The van der Waals surface area contributed by atoms with E-state index in [-0.39, 0.29) is 12.2 Å². The molecule has 0 bridgehead atoms. The molecule has 0 unspecified atom stereocenters. The first-order valence-corrected chi connectivity index (χ1v) is 7.81. The fraction of sp³-hybridized carbons (Fsp3) is 0.429. The van der Waals surface area contributed by atoms with Crippen LogP contribution < -0.4 is 10.6 Å². The molecule has 0 aliphatic carbocycles. The lowest BCUT2D eigenvalue weighted by molar-refractivity contribution is -0.140. The van der Waals surface area contributed by atoms with Crippen LogP contribution in [-0.4, -0.2) is 41.6 Å². The molecule has 1 fully saturated rings. The van der Waals surface area contributed by atoms with Crippen LogP contribution >= 0.6 is 11.8 Å². The highest BCUT2D eigenvalue weighted by Crippen LogP contribution is 2.23. The highest BCUT2D eigenvalue weighted by atomic mass is 32.2. The van der Waals surface area contributed by atoms with E-state index in [1.165, 1.54) is 12.1 Å². The van der Waals surface area contributed by atoms with Gasteiger partial charge < -0.3 is 10.6 Å². The molecular weight excluding hydrogens is 336 g/mol. The molecule has 1 saturated heterocycles. The molecule has 2 N–H and O–H groups in total. The minimum atomic E-state index is -4.51. The van der Waals surface area contributed by atoms with Gasteiger partial charge in [-0.1, -0.05) is 18.2 Å². The van der Waals surface area contributed by atoms with Crippen molar-refractivity contribution >= 4 is 23.6 Å². The third-order valence-electron chi connectivity index (χ3n) is 3.22. The Morgan fingerprint density at radius 2 is 2.04 bits per heavy atom. The topological polar surface area (TPSA) is 58.2 Å². The SMILES string of the molecule is O=C(NCC(F)(F)F)[C@H]1CS[C@H](Cc2ccccc2F)C(=O)N1. The van der Waals surface area contributed by atoms with Gasteiger partial charge in [-0.15, -0.1) is 11.8 Å². The maximum absolute atomic E-state index is 13.6. The lowest BCUT2D eigenvalue weighted by Gasteiger charge is -2.28. The summed E-state index contributed by atoms with van der Waals surface area (Å²) >= 11 is 1.12. The van der Waals surface area contributed by atoms with Crippen LogP contribution in [0.1, 0.15) is 5.56 Å². The standard InChI is InChI=1S/C14H14F4N2O2S/c15-9-4-2-1-3-8(9)5-11-13(22)20-10(6-23-11)12(21)19-7-14(16,17)18/h1-4,10-11H,5-7H2,(H,19,21)(H,20,22)/t10-,11-/m1/s1. The molecule has 23 heavy (non-hydrogen) atoms. The van der Waals surface area contributed by atoms with E-state index in [0.717, 1.165) is 11.8 Å². The Balaban J connectivity index is 1.89. The van der Waals surface area contributed by atoms with E-state index in [1.54, 1.807) is 17.4 Å². The summed E-state index contributed by atoms with van der Waals surface area (Å²) in [5.41, 5.74) is 0.375. The first-order chi connectivity index (χ1) is 10.8. The summed E-state index contributed by atoms with van der Waals surface area (Å²) in [6.07, 6.45) is -4.35. The maximum atomic E-state index is 13.6. The van der Waals surface area contributed by atoms with E-state index in [1.807, 2.05) is 0 Å². The first-order valence-electron chi connectivity index (χ1n) is 6.76. The molecule has 0 aromatic heterocycles. The predicted molar refractivity (Wildman–Crippen MR) is 77.3 cm³/mol. The number of halogens is 4. The normalized spacial score (nSPS) is 21.7. The lowest BCUT2D eigenvalue weighted by atomic mass is 10.1. The average Bonchev–Trinajstić information content (AvgIpc) is 2.48. The summed E-state index contributed by atoms with van der Waals surface area (Å²) in [6.45, 7) is -1.44. The second-order valence-electron chi connectivity index (χ2n) is 5.01. The molecule has 1 aliphatic heterocycles. The number of carbonyl (C=O) groups excluding carboxylic acids is 2. The van der Waals surface area contributed by atoms with E-state index in [0.29, 0.717) is 5.56 Å². The number of benzene rings is 1. The monoisotopic (exact) mass is 350 g/mol. The van der Waals surface area contributed by atoms with Crippen LogP contribution in [-0.2, 0) is 16.0 Å². The van der Waals surface area contributed by atoms with Crippen molar-refractivity contribution in [2.75, 3.05) is 12.3 Å². The summed E-state index contributed by atoms with van der Waals surface area (Å²) in [6, 6.07) is 5.01. The number of hydrogen-bond acceptors (Lipinski definition) is 3. The van der Waals surface area contributed by atoms with E-state index in [2.05, 4.69) is 5.32 Å². The van der Waals surface area contributed by atoms with Crippen molar-refractivity contribution in [3.05, 3.63) is 35.6 Å². The van der Waals surface area contributed by atoms with Crippen LogP contribution in [0.2, 0.25) is 0 Å². The molecule has 1 aliphatic rings. The first kappa shape index (κ1) is 17.6. The summed E-state index contributed by atoms with van der Waals surface area (Å²) in [5, 5.41) is 3.53. The second-order valence-corrected chi connectivity index (χ2v) is 6.25. The van der Waals surface area contributed by atoms with Gasteiger partial charge in [0.2, 0.25) is 11.8 Å². The van der Waals surface area contributed by atoms with Gasteiger partial charge >= 0.3 is 6.18 Å². The van der Waals surface area contributed by atoms with Crippen LogP contribution in [0.15, 0.2) is 24.3 Å². The Bertz CT molecular complexity index is 594. The maximum Gasteiger partial charge on any atom is 0.405 e. The number of amides is 2. The highest BCUT2D eigenvalue weighted by Gasteiger charge is 2.34. The molecule has 1 heterocycles. The van der Waals surface area contributed by atoms with Gasteiger partial charge in [-0.3, -0.25) is 9.59 Å². The number of thioether (sulfide) groups is 1. The fourth-order valence-electron chi connectivity index (χ4n) is 2.06. The van der Waals surface area contributed by atoms with E-state index >= 15 is 0 Å². The number of alkyl halides is 3. The lowest BCUT2D eigenvalue weighted by Crippen LogP contribution is -2.55. The molecule has 1 aromatic rings. The van der Waals surface area contributed by atoms with Gasteiger partial charge in [0.1, 0.15) is 18.4 Å². The molecule has 1 aromatic carbocycles. The van der Waals surface area contributed by atoms with Crippen molar-refractivity contribution in [3.63, 3.8) is 0 Å². The van der Waals surface area contributed by atoms with E-state index in [9.17, 15) is 27.2 Å². The Morgan fingerprint density at radius 1 is 1.35 bits per heavy atom. The molecular formula is C14H14F4N2O2S. The molecule has 0 radical (unpaired) electrons. The number of rotatable bonds is 4. The Kier molecular flexibility index (Phi) is 5.51. The zero-order valence-electron chi connectivity index (χ0n) is 11.8. The van der Waals surface area contributed by atoms with Crippen molar-refractivity contribution < 1.29 is 27.2 Å². The molecule has 0 spiro atoms. The minimum Gasteiger partial charge on any atom is -0.345 e. The Hall–Kier alpha value is -1.77. The third kappa shape index (κ3) is 5.12. The summed E-state index contributed by atoms with van der Waals surface area (Å²) in [4.78, 5) is 23.6. The zero-order valence-corrected chi connectivity index (χ0v) is 12.6. The van der Waals surface area contributed by atoms with Gasteiger partial charge in [0.15, 0.2) is 0 Å². The van der Waals surface area contributed by atoms with Crippen molar-refractivity contribution in [1.29, 1.82) is 0 Å². The van der Waals surface area contributed by atoms with Crippen LogP contribution in [0.3, 0.4) is 0 Å². The van der Waals surface area contributed by atoms with Crippen LogP contribution in [0.5, 0.6) is 0 Å². The number of nitrogens with one attached hydrogen (secondary N) is 2. The average molecular weight is 350 g/mol. The molecule has 126 valence electrons. The quantitative estimate of drug-likeness (QED) is 0.812. The molecule has 0 saturated carbocycles. The van der Waals surface area contributed by atoms with Crippen molar-refractivity contribution in [2.45, 2.75) is 23.9 Å². The molecule has 2 amide bonds. The van der Waals surface area contributed by atoms with Crippen LogP contribution in [0, 0.1) is 5.82 Å². The molecule has 2 atom stereocenters. The largest absolute Gasteiger partial charge is 0.405 e. The summed E-state index contributed by atoms with van der Waals surface area (Å²) in [7, 11) is 0. The van der Waals surface area contributed by atoms with Crippen LogP contribution in [0.25, 0.3) is 0 Å². The molecule has 4 nitrogen and oxygen atoms in total. The minimum absolute atomic E-state index is 0.133. The van der Waals surface area contributed by atoms with Crippen molar-refractivity contribution in [2.24, 2.45) is 0 Å². The molecule has 9 heteroatoms. The summed E-state index contributed by atoms with van der Waals surface area (Å²) < 4.78 is 49.8. The Morgan fingerprint density at radius 3 is 2.65 bits per heavy atom. The number of hydrogen-bond donors (Lipinski definition) is 2. The van der Waals surface area contributed by atoms with Gasteiger partial charge in [-0.2, -0.15) is 13.2 Å². The van der Waals surface area contributed by atoms with Gasteiger partial charge in [0, 0.05) is 5.75 Å². The van der Waals surface area contributed by atoms with E-state index in [4.69, 9.17) is 0 Å². The smallest absolute Gasteiger partial charge is 0.345 e. The van der Waals surface area contributed by atoms with Crippen LogP contribution in [0.4, 0.5) is 17.6 Å². The Labute approximate surface area is 134 Å². The summed E-state index contributed by atoms with van der Waals surface area (Å²) in [5.74, 6) is -1.66. The van der Waals surface area contributed by atoms with Gasteiger partial charge in [-0.05, 0) is 18.1 Å². The van der Waals surface area contributed by atoms with Crippen molar-refractivity contribution in [1.82, 2.24) is 10.6 Å². The van der Waals surface area contributed by atoms with Gasteiger partial charge in [0.05, 0.1) is 5.25 Å². The third-order valence-corrected chi connectivity index (χ3v) is 4.52.